The molecule has 1 heterocycles. The first kappa shape index (κ1) is 16.4. The Morgan fingerprint density at radius 2 is 1.96 bits per heavy atom. The van der Waals surface area contributed by atoms with Crippen LogP contribution in [-0.4, -0.2) is 26.5 Å². The van der Waals surface area contributed by atoms with Gasteiger partial charge in [-0.05, 0) is 42.3 Å². The van der Waals surface area contributed by atoms with Gasteiger partial charge in [0.25, 0.3) is 0 Å². The van der Waals surface area contributed by atoms with Gasteiger partial charge in [0, 0.05) is 12.6 Å². The van der Waals surface area contributed by atoms with Gasteiger partial charge in [-0.2, -0.15) is 0 Å². The van der Waals surface area contributed by atoms with Crippen LogP contribution in [-0.2, 0) is 22.1 Å². The topological polar surface area (TPSA) is 63.7 Å². The highest BCUT2D eigenvalue weighted by molar-refractivity contribution is 7.90. The first-order valence-electron chi connectivity index (χ1n) is 7.30. The van der Waals surface area contributed by atoms with Crippen LogP contribution in [0.1, 0.15) is 16.7 Å². The highest BCUT2D eigenvalue weighted by Crippen LogP contribution is 2.29. The van der Waals surface area contributed by atoms with Crippen molar-refractivity contribution in [1.82, 2.24) is 4.90 Å². The van der Waals surface area contributed by atoms with Gasteiger partial charge < -0.3 is 9.64 Å². The monoisotopic (exact) mass is 349 g/mol. The van der Waals surface area contributed by atoms with Gasteiger partial charge in [0.15, 0.2) is 9.84 Å². The lowest BCUT2D eigenvalue weighted by atomic mass is 10.1. The maximum Gasteiger partial charge on any atom is 0.415 e. The Hall–Kier alpha value is -2.41. The second-order valence-electron chi connectivity index (χ2n) is 5.84. The van der Waals surface area contributed by atoms with Gasteiger partial charge in [0.1, 0.15) is 11.6 Å². The highest BCUT2D eigenvalue weighted by Gasteiger charge is 2.24. The molecule has 1 amide bonds. The zero-order chi connectivity index (χ0) is 17.5. The van der Waals surface area contributed by atoms with E-state index >= 15 is 0 Å². The molecule has 0 fully saturated rings. The molecule has 126 valence electrons. The van der Waals surface area contributed by atoms with Crippen molar-refractivity contribution in [3.63, 3.8) is 0 Å². The van der Waals surface area contributed by atoms with Crippen molar-refractivity contribution in [3.05, 3.63) is 58.9 Å². The van der Waals surface area contributed by atoms with Gasteiger partial charge in [-0.15, -0.1) is 0 Å². The van der Waals surface area contributed by atoms with E-state index in [2.05, 4.69) is 0 Å². The molecule has 0 N–H and O–H groups in total. The largest absolute Gasteiger partial charge is 0.415 e. The van der Waals surface area contributed by atoms with Gasteiger partial charge in [-0.3, -0.25) is 0 Å². The van der Waals surface area contributed by atoms with E-state index in [0.717, 1.165) is 0 Å². The van der Waals surface area contributed by atoms with Crippen molar-refractivity contribution in [3.8, 4) is 5.75 Å². The molecular weight excluding hydrogens is 333 g/mol. The van der Waals surface area contributed by atoms with Crippen LogP contribution in [0.3, 0.4) is 0 Å². The number of ether oxygens (including phenoxy) is 1. The van der Waals surface area contributed by atoms with Crippen molar-refractivity contribution in [2.75, 3.05) is 7.05 Å². The summed E-state index contributed by atoms with van der Waals surface area (Å²) in [6.45, 7) is 1.88. The molecule has 0 saturated carbocycles. The van der Waals surface area contributed by atoms with Gasteiger partial charge >= 0.3 is 6.09 Å². The van der Waals surface area contributed by atoms with Gasteiger partial charge in [-0.25, -0.2) is 17.6 Å². The van der Waals surface area contributed by atoms with Crippen molar-refractivity contribution in [1.29, 1.82) is 0 Å². The number of carbonyl (C=O) groups is 1. The Kier molecular flexibility index (Phi) is 4.04. The van der Waals surface area contributed by atoms with E-state index in [0.29, 0.717) is 22.4 Å². The third-order valence-electron chi connectivity index (χ3n) is 3.89. The summed E-state index contributed by atoms with van der Waals surface area (Å²) in [5, 5.41) is 0. The quantitative estimate of drug-likeness (QED) is 0.854. The highest BCUT2D eigenvalue weighted by atomic mass is 32.2. The Morgan fingerprint density at radius 1 is 1.21 bits per heavy atom. The number of rotatable bonds is 3. The smallest absolute Gasteiger partial charge is 0.410 e. The molecule has 1 aliphatic rings. The number of halogens is 1. The van der Waals surface area contributed by atoms with Crippen molar-refractivity contribution < 1.29 is 22.3 Å². The fourth-order valence-corrected chi connectivity index (χ4v) is 3.95. The van der Waals surface area contributed by atoms with E-state index in [-0.39, 0.29) is 23.0 Å². The van der Waals surface area contributed by atoms with Gasteiger partial charge in [0.2, 0.25) is 0 Å². The molecule has 0 bridgehead atoms. The van der Waals surface area contributed by atoms with Gasteiger partial charge in [0.05, 0.1) is 17.2 Å². The molecule has 0 unspecified atom stereocenters. The SMILES string of the molecule is Cc1cc(CS(=O)(=O)c2ccc3c(c2)CN(C)C(=O)O3)ccc1F. The number of fused-ring (bicyclic) bond motifs is 1. The third kappa shape index (κ3) is 3.12. The predicted octanol–water partition coefficient (Wildman–Crippen LogP) is 3.05. The Balaban J connectivity index is 1.91. The lowest BCUT2D eigenvalue weighted by molar-refractivity contribution is 0.150. The zero-order valence-electron chi connectivity index (χ0n) is 13.2. The Labute approximate surface area is 139 Å². The number of amides is 1. The van der Waals surface area contributed by atoms with Gasteiger partial charge in [-0.1, -0.05) is 12.1 Å². The van der Waals surface area contributed by atoms with E-state index in [1.807, 2.05) is 0 Å². The van der Waals surface area contributed by atoms with Crippen LogP contribution in [0, 0.1) is 12.7 Å². The summed E-state index contributed by atoms with van der Waals surface area (Å²) in [5.41, 5.74) is 1.56. The summed E-state index contributed by atoms with van der Waals surface area (Å²) in [5.74, 6) is -0.216. The molecule has 2 aromatic carbocycles. The van der Waals surface area contributed by atoms with Crippen LogP contribution in [0.2, 0.25) is 0 Å². The molecular formula is C17H16FNO4S. The van der Waals surface area contributed by atoms with E-state index in [1.54, 1.807) is 14.0 Å². The summed E-state index contributed by atoms with van der Waals surface area (Å²) < 4.78 is 43.7. The molecule has 24 heavy (non-hydrogen) atoms. The average molecular weight is 349 g/mol. The Bertz CT molecular complexity index is 924. The summed E-state index contributed by atoms with van der Waals surface area (Å²) in [6, 6.07) is 8.69. The number of hydrogen-bond acceptors (Lipinski definition) is 4. The lowest BCUT2D eigenvalue weighted by Crippen LogP contribution is -2.33. The molecule has 7 heteroatoms. The van der Waals surface area contributed by atoms with Crippen molar-refractivity contribution >= 4 is 15.9 Å². The van der Waals surface area contributed by atoms with Crippen LogP contribution in [0.15, 0.2) is 41.3 Å². The van der Waals surface area contributed by atoms with E-state index in [4.69, 9.17) is 4.74 Å². The third-order valence-corrected chi connectivity index (χ3v) is 5.57. The number of aryl methyl sites for hydroxylation is 1. The first-order chi connectivity index (χ1) is 11.3. The fraction of sp³-hybridized carbons (Fsp3) is 0.235. The average Bonchev–Trinajstić information content (AvgIpc) is 2.51. The normalized spacial score (nSPS) is 14.3. The van der Waals surface area contributed by atoms with E-state index in [9.17, 15) is 17.6 Å². The summed E-state index contributed by atoms with van der Waals surface area (Å²) in [6.07, 6.45) is -0.472. The zero-order valence-corrected chi connectivity index (χ0v) is 14.1. The maximum absolute atomic E-state index is 13.3. The van der Waals surface area contributed by atoms with E-state index < -0.39 is 15.9 Å². The molecule has 1 aliphatic heterocycles. The number of nitrogens with zero attached hydrogens (tertiary/aromatic N) is 1. The van der Waals surface area contributed by atoms with Crippen molar-refractivity contribution in [2.45, 2.75) is 24.1 Å². The van der Waals surface area contributed by atoms with Crippen LogP contribution in [0.25, 0.3) is 0 Å². The molecule has 0 spiro atoms. The van der Waals surface area contributed by atoms with Crippen LogP contribution >= 0.6 is 0 Å². The van der Waals surface area contributed by atoms with Crippen LogP contribution in [0.4, 0.5) is 9.18 Å². The number of sulfone groups is 1. The number of carbonyl (C=O) groups excluding carboxylic acids is 1. The summed E-state index contributed by atoms with van der Waals surface area (Å²) in [7, 11) is -2.01. The lowest BCUT2D eigenvalue weighted by Gasteiger charge is -2.24. The standard InChI is InChI=1S/C17H16FNO4S/c1-11-7-12(3-5-15(11)18)10-24(21,22)14-4-6-16-13(8-14)9-19(2)17(20)23-16/h3-8H,9-10H2,1-2H3. The minimum atomic E-state index is -3.59. The van der Waals surface area contributed by atoms with Crippen LogP contribution in [0.5, 0.6) is 5.75 Å². The predicted molar refractivity (Wildman–Crippen MR) is 86.0 cm³/mol. The molecule has 0 atom stereocenters. The Morgan fingerprint density at radius 3 is 2.67 bits per heavy atom. The molecule has 0 aliphatic carbocycles. The second kappa shape index (κ2) is 5.90. The molecule has 0 saturated heterocycles. The van der Waals surface area contributed by atoms with Crippen molar-refractivity contribution in [2.24, 2.45) is 0 Å². The maximum atomic E-state index is 13.3. The fourth-order valence-electron chi connectivity index (χ4n) is 2.56. The molecule has 3 rings (SSSR count). The second-order valence-corrected chi connectivity index (χ2v) is 7.83. The van der Waals surface area contributed by atoms with E-state index in [1.165, 1.54) is 41.3 Å². The molecule has 0 radical (unpaired) electrons. The summed E-state index contributed by atoms with van der Waals surface area (Å²) in [4.78, 5) is 13.0. The minimum absolute atomic E-state index is 0.148. The summed E-state index contributed by atoms with van der Waals surface area (Å²) >= 11 is 0. The number of hydrogen-bond donors (Lipinski definition) is 0. The first-order valence-corrected chi connectivity index (χ1v) is 8.95. The molecule has 2 aromatic rings. The number of benzene rings is 2. The molecule has 0 aromatic heterocycles. The van der Waals surface area contributed by atoms with Crippen LogP contribution < -0.4 is 4.74 Å². The molecule has 5 nitrogen and oxygen atoms in total. The minimum Gasteiger partial charge on any atom is -0.410 e.